The van der Waals surface area contributed by atoms with E-state index in [2.05, 4.69) is 15.0 Å². The minimum absolute atomic E-state index is 0.292. The number of ether oxygens (including phenoxy) is 1. The fourth-order valence-corrected chi connectivity index (χ4v) is 2.11. The molecule has 2 N–H and O–H groups in total. The second-order valence-corrected chi connectivity index (χ2v) is 4.08. The first-order valence-electron chi connectivity index (χ1n) is 5.69. The molecule has 0 aromatic carbocycles. The van der Waals surface area contributed by atoms with Gasteiger partial charge in [0.1, 0.15) is 5.41 Å². The molecule has 0 saturated carbocycles. The number of rotatable bonds is 3. The number of methoxy groups -OCH3 is 1. The van der Waals surface area contributed by atoms with Crippen LogP contribution in [0.2, 0.25) is 0 Å². The molecule has 1 heterocycles. The maximum Gasteiger partial charge on any atom is 0.506 e. The summed E-state index contributed by atoms with van der Waals surface area (Å²) in [5.74, 6) is -1.91. The fourth-order valence-electron chi connectivity index (χ4n) is 2.11. The van der Waals surface area contributed by atoms with Crippen LogP contribution in [0.15, 0.2) is 11.5 Å². The molecular weight excluding hydrogens is 238 g/mol. The number of piperidine rings is 1. The predicted molar refractivity (Wildman–Crippen MR) is 61.7 cm³/mol. The van der Waals surface area contributed by atoms with Gasteiger partial charge in [0.15, 0.2) is 4.98 Å². The van der Waals surface area contributed by atoms with E-state index in [0.29, 0.717) is 25.8 Å². The smallest absolute Gasteiger partial charge is 0.504 e. The van der Waals surface area contributed by atoms with Gasteiger partial charge in [0.05, 0.1) is 7.11 Å². The van der Waals surface area contributed by atoms with E-state index in [4.69, 9.17) is 5.39 Å². The Morgan fingerprint density at radius 2 is 2.33 bits per heavy atom. The summed E-state index contributed by atoms with van der Waals surface area (Å²) in [5.41, 5.74) is -1.86. The van der Waals surface area contributed by atoms with Gasteiger partial charge in [-0.15, -0.1) is 0 Å². The van der Waals surface area contributed by atoms with Crippen molar-refractivity contribution in [2.45, 2.75) is 26.2 Å². The number of diazo groups is 1. The lowest BCUT2D eigenvalue weighted by Crippen LogP contribution is -2.47. The molecule has 1 aliphatic heterocycles. The van der Waals surface area contributed by atoms with Crippen LogP contribution >= 0.6 is 0 Å². The first kappa shape index (κ1) is 14.0. The summed E-state index contributed by atoms with van der Waals surface area (Å²) in [7, 11) is 1.10. The molecule has 1 amide bonds. The Balaban J connectivity index is 3.30. The summed E-state index contributed by atoms with van der Waals surface area (Å²) < 4.78 is 4.40. The minimum Gasteiger partial charge on any atom is -0.504 e. The van der Waals surface area contributed by atoms with Crippen molar-refractivity contribution in [3.63, 3.8) is 0 Å². The van der Waals surface area contributed by atoms with E-state index in [1.807, 2.05) is 0 Å². The van der Waals surface area contributed by atoms with Gasteiger partial charge in [-0.2, -0.15) is 0 Å². The third-order valence-electron chi connectivity index (χ3n) is 3.26. The summed E-state index contributed by atoms with van der Waals surface area (Å²) in [4.78, 5) is 26.0. The number of aliphatic hydroxyl groups is 1. The molecule has 18 heavy (non-hydrogen) atoms. The molecule has 1 unspecified atom stereocenters. The van der Waals surface area contributed by atoms with Gasteiger partial charge in [0, 0.05) is 6.54 Å². The zero-order chi connectivity index (χ0) is 13.8. The van der Waals surface area contributed by atoms with Crippen LogP contribution < -0.4 is 5.32 Å². The highest BCUT2D eigenvalue weighted by molar-refractivity contribution is 5.94. The summed E-state index contributed by atoms with van der Waals surface area (Å²) >= 11 is 0. The van der Waals surface area contributed by atoms with Crippen molar-refractivity contribution in [2.75, 3.05) is 13.7 Å². The van der Waals surface area contributed by atoms with Gasteiger partial charge in [-0.3, -0.25) is 4.79 Å². The van der Waals surface area contributed by atoms with Crippen molar-refractivity contribution in [3.05, 3.63) is 16.4 Å². The number of carbonyl (C=O) groups is 2. The number of hydrogen-bond donors (Lipinski definition) is 2. The third kappa shape index (κ3) is 2.14. The Morgan fingerprint density at radius 3 is 2.78 bits per heavy atom. The Morgan fingerprint density at radius 1 is 1.67 bits per heavy atom. The van der Waals surface area contributed by atoms with Gasteiger partial charge in [-0.05, 0) is 19.3 Å². The molecule has 0 aromatic heterocycles. The first-order chi connectivity index (χ1) is 8.53. The van der Waals surface area contributed by atoms with E-state index in [1.165, 1.54) is 0 Å². The zero-order valence-corrected chi connectivity index (χ0v) is 10.4. The minimum atomic E-state index is -1.23. The van der Waals surface area contributed by atoms with Crippen LogP contribution in [-0.4, -0.2) is 30.6 Å². The maximum atomic E-state index is 11.9. The number of amides is 1. The molecule has 0 radical (unpaired) electrons. The van der Waals surface area contributed by atoms with Crippen LogP contribution in [-0.2, 0) is 14.3 Å². The molecule has 7 nitrogen and oxygen atoms in total. The van der Waals surface area contributed by atoms with Gasteiger partial charge >= 0.3 is 11.7 Å². The third-order valence-corrected chi connectivity index (χ3v) is 3.26. The van der Waals surface area contributed by atoms with Crippen LogP contribution in [0.25, 0.3) is 4.98 Å². The van der Waals surface area contributed by atoms with Gasteiger partial charge in [0.25, 0.3) is 0 Å². The van der Waals surface area contributed by atoms with E-state index >= 15 is 0 Å². The monoisotopic (exact) mass is 254 g/mol. The number of hydrogen-bond acceptors (Lipinski definition) is 5. The Hall–Kier alpha value is -2.10. The highest BCUT2D eigenvalue weighted by Crippen LogP contribution is 2.39. The molecule has 7 heteroatoms. The predicted octanol–water partition coefficient (Wildman–Crippen LogP) is 1.09. The summed E-state index contributed by atoms with van der Waals surface area (Å²) in [5, 5.41) is 21.6. The standard InChI is InChI=1S/C11H15N3O4/c1-3-11(5-4-6-13-10(11)17)8(15)7(14-12)9(16)18-2/h3-6H2,1-2H3,(H-,13,15,16,17)/p+1. The van der Waals surface area contributed by atoms with E-state index in [9.17, 15) is 14.7 Å². The zero-order valence-electron chi connectivity index (χ0n) is 10.4. The normalized spacial score (nSPS) is 24.6. The maximum absolute atomic E-state index is 11.9. The van der Waals surface area contributed by atoms with Crippen LogP contribution in [0, 0.1) is 10.8 Å². The number of nitrogens with zero attached hydrogens (tertiary/aromatic N) is 2. The summed E-state index contributed by atoms with van der Waals surface area (Å²) in [6.45, 7) is 2.24. The number of carbonyl (C=O) groups excluding carboxylic acids is 2. The second kappa shape index (κ2) is 5.49. The molecule has 1 rings (SSSR count). The van der Waals surface area contributed by atoms with Crippen molar-refractivity contribution >= 4 is 11.9 Å². The van der Waals surface area contributed by atoms with Crippen LogP contribution in [0.3, 0.4) is 0 Å². The summed E-state index contributed by atoms with van der Waals surface area (Å²) in [6.07, 6.45) is 1.35. The van der Waals surface area contributed by atoms with Crippen molar-refractivity contribution in [1.82, 2.24) is 5.32 Å². The largest absolute Gasteiger partial charge is 0.506 e. The average molecular weight is 254 g/mol. The SMILES string of the molecule is CCC1(/C(O)=C(\[N+]#N)C(=O)OC)CCCNC1=O. The van der Waals surface area contributed by atoms with E-state index in [-0.39, 0.29) is 5.91 Å². The van der Waals surface area contributed by atoms with Crippen molar-refractivity contribution in [3.8, 4) is 0 Å². The number of esters is 1. The lowest BCUT2D eigenvalue weighted by atomic mass is 9.75. The highest BCUT2D eigenvalue weighted by atomic mass is 16.5. The molecule has 1 fully saturated rings. The molecule has 98 valence electrons. The van der Waals surface area contributed by atoms with E-state index in [0.717, 1.165) is 7.11 Å². The lowest BCUT2D eigenvalue weighted by Gasteiger charge is -2.32. The Bertz CT molecular complexity index is 438. The fraction of sp³-hybridized carbons (Fsp3) is 0.636. The molecule has 0 spiro atoms. The molecule has 0 aromatic rings. The van der Waals surface area contributed by atoms with E-state index < -0.39 is 22.8 Å². The van der Waals surface area contributed by atoms with Gasteiger partial charge in [-0.1, -0.05) is 6.92 Å². The van der Waals surface area contributed by atoms with Gasteiger partial charge < -0.3 is 15.2 Å². The highest BCUT2D eigenvalue weighted by Gasteiger charge is 2.49. The van der Waals surface area contributed by atoms with Crippen molar-refractivity contribution in [2.24, 2.45) is 5.41 Å². The van der Waals surface area contributed by atoms with Crippen LogP contribution in [0.1, 0.15) is 26.2 Å². The number of nitrogens with one attached hydrogen (secondary N) is 1. The van der Waals surface area contributed by atoms with E-state index in [1.54, 1.807) is 6.92 Å². The Labute approximate surface area is 104 Å². The van der Waals surface area contributed by atoms with Gasteiger partial charge in [-0.25, -0.2) is 4.79 Å². The first-order valence-corrected chi connectivity index (χ1v) is 5.69. The van der Waals surface area contributed by atoms with Crippen molar-refractivity contribution in [1.29, 1.82) is 5.39 Å². The second-order valence-electron chi connectivity index (χ2n) is 4.08. The molecular formula is C11H16N3O4+. The van der Waals surface area contributed by atoms with Crippen LogP contribution in [0.5, 0.6) is 0 Å². The summed E-state index contributed by atoms with van der Waals surface area (Å²) in [6, 6.07) is 0. The molecule has 0 aliphatic carbocycles. The average Bonchev–Trinajstić information content (AvgIpc) is 2.40. The lowest BCUT2D eigenvalue weighted by molar-refractivity contribution is -0.136. The van der Waals surface area contributed by atoms with Crippen molar-refractivity contribution < 1.29 is 19.4 Å². The number of aliphatic hydroxyl groups excluding tert-OH is 1. The molecule has 1 saturated heterocycles. The molecule has 1 atom stereocenters. The van der Waals surface area contributed by atoms with Gasteiger partial charge in [0.2, 0.25) is 17.1 Å². The molecule has 0 bridgehead atoms. The van der Waals surface area contributed by atoms with Crippen LogP contribution in [0.4, 0.5) is 0 Å². The molecule has 1 aliphatic rings. The Kier molecular flexibility index (Phi) is 4.26. The quantitative estimate of drug-likeness (QED) is 0.339. The topological polar surface area (TPSA) is 104 Å².